The third-order valence-corrected chi connectivity index (χ3v) is 3.94. The number of para-hydroxylation sites is 1. The van der Waals surface area contributed by atoms with Crippen LogP contribution in [-0.2, 0) is 0 Å². The molecule has 7 nitrogen and oxygen atoms in total. The van der Waals surface area contributed by atoms with Crippen LogP contribution in [0.15, 0.2) is 54.6 Å². The molecule has 128 valence electrons. The van der Waals surface area contributed by atoms with Crippen LogP contribution in [0, 0.1) is 21.4 Å². The van der Waals surface area contributed by atoms with Gasteiger partial charge in [0.25, 0.3) is 5.69 Å². The Bertz CT molecular complexity index is 1020. The van der Waals surface area contributed by atoms with Crippen molar-refractivity contribution in [2.45, 2.75) is 0 Å². The summed E-state index contributed by atoms with van der Waals surface area (Å²) in [6, 6.07) is 17.1. The van der Waals surface area contributed by atoms with Crippen molar-refractivity contribution in [3.8, 4) is 34.2 Å². The lowest BCUT2D eigenvalue weighted by Crippen LogP contribution is -2.01. The first-order valence-corrected chi connectivity index (χ1v) is 7.64. The minimum atomic E-state index is -0.474. The van der Waals surface area contributed by atoms with Gasteiger partial charge < -0.3 is 10.5 Å². The quantitative estimate of drug-likeness (QED) is 0.567. The topological polar surface area (TPSA) is 115 Å². The van der Waals surface area contributed by atoms with Gasteiger partial charge in [0.1, 0.15) is 23.2 Å². The molecule has 3 rings (SSSR count). The number of benzene rings is 2. The molecule has 0 saturated heterocycles. The summed E-state index contributed by atoms with van der Waals surface area (Å²) in [4.78, 5) is 15.0. The van der Waals surface area contributed by atoms with E-state index in [1.807, 2.05) is 0 Å². The predicted molar refractivity (Wildman–Crippen MR) is 97.4 cm³/mol. The van der Waals surface area contributed by atoms with Crippen LogP contribution in [0.5, 0.6) is 5.75 Å². The fourth-order valence-corrected chi connectivity index (χ4v) is 2.67. The van der Waals surface area contributed by atoms with Gasteiger partial charge in [0.15, 0.2) is 0 Å². The molecule has 0 bridgehead atoms. The second-order valence-corrected chi connectivity index (χ2v) is 5.43. The van der Waals surface area contributed by atoms with E-state index in [1.54, 1.807) is 55.6 Å². The number of nitrogens with two attached hydrogens (primary N) is 1. The van der Waals surface area contributed by atoms with Crippen molar-refractivity contribution in [2.24, 2.45) is 0 Å². The fraction of sp³-hybridized carbons (Fsp3) is 0.0526. The minimum absolute atomic E-state index is 0.0222. The first-order chi connectivity index (χ1) is 12.5. The number of ether oxygens (including phenoxy) is 1. The van der Waals surface area contributed by atoms with E-state index in [4.69, 9.17) is 10.5 Å². The lowest BCUT2D eigenvalue weighted by Gasteiger charge is -2.11. The van der Waals surface area contributed by atoms with Gasteiger partial charge in [-0.3, -0.25) is 10.1 Å². The Labute approximate surface area is 149 Å². The number of aromatic nitrogens is 1. The third kappa shape index (κ3) is 3.03. The molecule has 2 aromatic carbocycles. The normalized spacial score (nSPS) is 10.2. The van der Waals surface area contributed by atoms with E-state index < -0.39 is 4.92 Å². The molecule has 0 radical (unpaired) electrons. The molecule has 0 aliphatic rings. The Hall–Kier alpha value is -3.92. The van der Waals surface area contributed by atoms with Crippen LogP contribution in [0.25, 0.3) is 22.4 Å². The van der Waals surface area contributed by atoms with Crippen molar-refractivity contribution < 1.29 is 9.66 Å². The van der Waals surface area contributed by atoms with E-state index in [0.717, 1.165) is 5.56 Å². The van der Waals surface area contributed by atoms with Crippen molar-refractivity contribution >= 4 is 11.5 Å². The SMILES string of the molecule is COc1ccc(-c2cc(-c3ccccc3[N+](=O)[O-])nc(N)c2C#N)cc1. The molecule has 0 aliphatic carbocycles. The summed E-state index contributed by atoms with van der Waals surface area (Å²) in [5.74, 6) is 0.696. The average Bonchev–Trinajstić information content (AvgIpc) is 2.67. The van der Waals surface area contributed by atoms with Crippen LogP contribution in [0.4, 0.5) is 11.5 Å². The number of nitrogens with zero attached hydrogens (tertiary/aromatic N) is 3. The number of nitro groups is 1. The molecular formula is C19H14N4O3. The summed E-state index contributed by atoms with van der Waals surface area (Å²) in [5, 5.41) is 20.8. The average molecular weight is 346 g/mol. The third-order valence-electron chi connectivity index (χ3n) is 3.94. The van der Waals surface area contributed by atoms with Gasteiger partial charge in [-0.1, -0.05) is 24.3 Å². The molecule has 0 spiro atoms. The highest BCUT2D eigenvalue weighted by Gasteiger charge is 2.19. The van der Waals surface area contributed by atoms with Gasteiger partial charge in [-0.05, 0) is 29.8 Å². The Balaban J connectivity index is 2.23. The number of methoxy groups -OCH3 is 1. The summed E-state index contributed by atoms with van der Waals surface area (Å²) in [6.07, 6.45) is 0. The number of nitrogen functional groups attached to an aromatic ring is 1. The lowest BCUT2D eigenvalue weighted by molar-refractivity contribution is -0.384. The van der Waals surface area contributed by atoms with E-state index in [9.17, 15) is 15.4 Å². The number of rotatable bonds is 4. The molecule has 0 aliphatic heterocycles. The molecule has 0 amide bonds. The Morgan fingerprint density at radius 2 is 1.85 bits per heavy atom. The summed E-state index contributed by atoms with van der Waals surface area (Å²) in [6.45, 7) is 0. The summed E-state index contributed by atoms with van der Waals surface area (Å²) < 4.78 is 5.14. The second-order valence-electron chi connectivity index (χ2n) is 5.43. The predicted octanol–water partition coefficient (Wildman–Crippen LogP) is 3.79. The van der Waals surface area contributed by atoms with Crippen molar-refractivity contribution in [1.29, 1.82) is 5.26 Å². The van der Waals surface area contributed by atoms with E-state index in [0.29, 0.717) is 22.6 Å². The summed E-state index contributed by atoms with van der Waals surface area (Å²) in [7, 11) is 1.56. The smallest absolute Gasteiger partial charge is 0.278 e. The molecule has 1 aromatic heterocycles. The maximum Gasteiger partial charge on any atom is 0.278 e. The Morgan fingerprint density at radius 1 is 1.15 bits per heavy atom. The molecule has 0 atom stereocenters. The molecule has 26 heavy (non-hydrogen) atoms. The van der Waals surface area contributed by atoms with Gasteiger partial charge in [-0.25, -0.2) is 4.98 Å². The van der Waals surface area contributed by atoms with Gasteiger partial charge >= 0.3 is 0 Å². The van der Waals surface area contributed by atoms with E-state index >= 15 is 0 Å². The van der Waals surface area contributed by atoms with Crippen LogP contribution in [0.2, 0.25) is 0 Å². The largest absolute Gasteiger partial charge is 0.497 e. The number of hydrogen-bond donors (Lipinski definition) is 1. The van der Waals surface area contributed by atoms with E-state index in [1.165, 1.54) is 6.07 Å². The first-order valence-electron chi connectivity index (χ1n) is 7.64. The van der Waals surface area contributed by atoms with Crippen molar-refractivity contribution in [2.75, 3.05) is 12.8 Å². The molecule has 0 unspecified atom stereocenters. The van der Waals surface area contributed by atoms with Crippen LogP contribution >= 0.6 is 0 Å². The second kappa shape index (κ2) is 6.91. The fourth-order valence-electron chi connectivity index (χ4n) is 2.67. The van der Waals surface area contributed by atoms with Crippen LogP contribution < -0.4 is 10.5 Å². The number of nitro benzene ring substituents is 1. The highest BCUT2D eigenvalue weighted by atomic mass is 16.6. The van der Waals surface area contributed by atoms with Gasteiger partial charge in [0, 0.05) is 11.6 Å². The zero-order valence-corrected chi connectivity index (χ0v) is 13.8. The highest BCUT2D eigenvalue weighted by Crippen LogP contribution is 2.35. The van der Waals surface area contributed by atoms with E-state index in [-0.39, 0.29) is 17.1 Å². The molecule has 0 saturated carbocycles. The maximum absolute atomic E-state index is 11.3. The number of pyridine rings is 1. The molecule has 3 aromatic rings. The molecule has 1 heterocycles. The zero-order chi connectivity index (χ0) is 18.7. The molecule has 7 heteroatoms. The highest BCUT2D eigenvalue weighted by molar-refractivity contribution is 5.82. The summed E-state index contributed by atoms with van der Waals surface area (Å²) in [5.41, 5.74) is 8.06. The zero-order valence-electron chi connectivity index (χ0n) is 13.8. The Morgan fingerprint density at radius 3 is 2.46 bits per heavy atom. The van der Waals surface area contributed by atoms with Crippen LogP contribution in [0.3, 0.4) is 0 Å². The number of hydrogen-bond acceptors (Lipinski definition) is 6. The molecular weight excluding hydrogens is 332 g/mol. The van der Waals surface area contributed by atoms with E-state index in [2.05, 4.69) is 11.1 Å². The number of nitriles is 1. The monoisotopic (exact) mass is 346 g/mol. The summed E-state index contributed by atoms with van der Waals surface area (Å²) >= 11 is 0. The van der Waals surface area contributed by atoms with Crippen LogP contribution in [0.1, 0.15) is 5.56 Å². The standard InChI is InChI=1S/C19H14N4O3/c1-26-13-8-6-12(7-9-13)15-10-17(22-19(21)16(15)11-20)14-4-2-3-5-18(14)23(24)25/h2-10H,1H3,(H2,21,22). The van der Waals surface area contributed by atoms with Gasteiger partial charge in [0.05, 0.1) is 23.3 Å². The van der Waals surface area contributed by atoms with Crippen molar-refractivity contribution in [1.82, 2.24) is 4.98 Å². The number of anilines is 1. The van der Waals surface area contributed by atoms with Gasteiger partial charge in [-0.15, -0.1) is 0 Å². The first kappa shape index (κ1) is 16.9. The molecule has 2 N–H and O–H groups in total. The van der Waals surface area contributed by atoms with Crippen LogP contribution in [-0.4, -0.2) is 17.0 Å². The minimum Gasteiger partial charge on any atom is -0.497 e. The van der Waals surface area contributed by atoms with Crippen molar-refractivity contribution in [3.05, 3.63) is 70.3 Å². The maximum atomic E-state index is 11.3. The van der Waals surface area contributed by atoms with Gasteiger partial charge in [-0.2, -0.15) is 5.26 Å². The van der Waals surface area contributed by atoms with Gasteiger partial charge in [0.2, 0.25) is 0 Å². The molecule has 0 fully saturated rings. The van der Waals surface area contributed by atoms with Crippen molar-refractivity contribution in [3.63, 3.8) is 0 Å². The Kier molecular flexibility index (Phi) is 4.50. The lowest BCUT2D eigenvalue weighted by atomic mass is 9.98.